The van der Waals surface area contributed by atoms with Crippen molar-refractivity contribution in [3.63, 3.8) is 0 Å². The van der Waals surface area contributed by atoms with Crippen LogP contribution in [-0.2, 0) is 20.1 Å². The zero-order valence-electron chi connectivity index (χ0n) is 21.0. The molecule has 9 nitrogen and oxygen atoms in total. The zero-order valence-corrected chi connectivity index (χ0v) is 21.7. The Labute approximate surface area is 221 Å². The van der Waals surface area contributed by atoms with Crippen LogP contribution in [0.2, 0.25) is 5.02 Å². The molecule has 2 heterocycles. The van der Waals surface area contributed by atoms with Crippen LogP contribution < -0.4 is 30.9 Å². The third-order valence-corrected chi connectivity index (χ3v) is 6.15. The standard InChI is InChI=1S/C25H27ClF3N5O4/c1-31(2)12-5-13-33-22(35)20-21(32(3)24(33)36)30-23(34(20)15-16-8-10-17(26)11-9-16)37-18-6-4-7-19(14-18)38-25(27,28)29/h4,6-11,14,23,30H,5,12-13,15H2,1-3H3. The SMILES string of the molecule is CN(C)CCCn1c(=O)c2c(n(C)c1=O)NC(Oc1cccc(OC(F)(F)F)c1)N2Cc1ccc(Cl)cc1. The first-order valence-electron chi connectivity index (χ1n) is 11.7. The van der Waals surface area contributed by atoms with Crippen molar-refractivity contribution >= 4 is 23.1 Å². The molecule has 0 amide bonds. The van der Waals surface area contributed by atoms with E-state index >= 15 is 0 Å². The summed E-state index contributed by atoms with van der Waals surface area (Å²) >= 11 is 6.02. The normalized spacial score (nSPS) is 14.9. The molecule has 0 aliphatic carbocycles. The number of hydrogen-bond acceptors (Lipinski definition) is 7. The maximum Gasteiger partial charge on any atom is 0.573 e. The predicted octanol–water partition coefficient (Wildman–Crippen LogP) is 3.85. The average molecular weight is 554 g/mol. The summed E-state index contributed by atoms with van der Waals surface area (Å²) in [7, 11) is 5.34. The highest BCUT2D eigenvalue weighted by Gasteiger charge is 2.37. The van der Waals surface area contributed by atoms with E-state index in [4.69, 9.17) is 16.3 Å². The number of aromatic nitrogens is 2. The summed E-state index contributed by atoms with van der Waals surface area (Å²) in [6, 6.07) is 12.0. The fourth-order valence-electron chi connectivity index (χ4n) is 4.15. The predicted molar refractivity (Wildman–Crippen MR) is 138 cm³/mol. The highest BCUT2D eigenvalue weighted by molar-refractivity contribution is 6.30. The lowest BCUT2D eigenvalue weighted by atomic mass is 10.2. The van der Waals surface area contributed by atoms with Crippen molar-refractivity contribution in [3.8, 4) is 11.5 Å². The van der Waals surface area contributed by atoms with Crippen LogP contribution in [0.4, 0.5) is 24.7 Å². The molecule has 1 N–H and O–H groups in total. The Hall–Kier alpha value is -3.64. The van der Waals surface area contributed by atoms with Crippen molar-refractivity contribution < 1.29 is 22.6 Å². The van der Waals surface area contributed by atoms with Crippen molar-refractivity contribution in [1.29, 1.82) is 0 Å². The molecule has 4 rings (SSSR count). The van der Waals surface area contributed by atoms with E-state index in [2.05, 4.69) is 10.1 Å². The molecule has 0 fully saturated rings. The third kappa shape index (κ3) is 6.25. The molecular weight excluding hydrogens is 527 g/mol. The van der Waals surface area contributed by atoms with E-state index < -0.39 is 29.7 Å². The smallest absolute Gasteiger partial charge is 0.452 e. The second-order valence-electron chi connectivity index (χ2n) is 9.04. The van der Waals surface area contributed by atoms with Gasteiger partial charge in [0.25, 0.3) is 11.9 Å². The fraction of sp³-hybridized carbons (Fsp3) is 0.360. The summed E-state index contributed by atoms with van der Waals surface area (Å²) in [6.07, 6.45) is -5.30. The molecule has 0 spiro atoms. The summed E-state index contributed by atoms with van der Waals surface area (Å²) in [5.74, 6) is -0.148. The van der Waals surface area contributed by atoms with Crippen molar-refractivity contribution in [1.82, 2.24) is 14.0 Å². The highest BCUT2D eigenvalue weighted by Crippen LogP contribution is 2.34. The summed E-state index contributed by atoms with van der Waals surface area (Å²) in [6.45, 7) is 1.08. The van der Waals surface area contributed by atoms with E-state index in [-0.39, 0.29) is 30.3 Å². The Morgan fingerprint density at radius 3 is 2.42 bits per heavy atom. The van der Waals surface area contributed by atoms with Gasteiger partial charge in [-0.25, -0.2) is 4.79 Å². The summed E-state index contributed by atoms with van der Waals surface area (Å²) < 4.78 is 50.7. The molecule has 13 heteroatoms. The van der Waals surface area contributed by atoms with E-state index in [0.717, 1.165) is 17.7 Å². The van der Waals surface area contributed by atoms with Crippen LogP contribution in [0.5, 0.6) is 11.5 Å². The van der Waals surface area contributed by atoms with Crippen molar-refractivity contribution in [3.05, 3.63) is 80.0 Å². The fourth-order valence-corrected chi connectivity index (χ4v) is 4.27. The number of halogens is 4. The highest BCUT2D eigenvalue weighted by atomic mass is 35.5. The minimum absolute atomic E-state index is 0.0643. The number of fused-ring (bicyclic) bond motifs is 1. The number of nitrogens with one attached hydrogen (secondary N) is 1. The second kappa shape index (κ2) is 11.0. The van der Waals surface area contributed by atoms with Crippen molar-refractivity contribution in [2.75, 3.05) is 30.9 Å². The van der Waals surface area contributed by atoms with Crippen LogP contribution in [0, 0.1) is 0 Å². The maximum atomic E-state index is 13.6. The summed E-state index contributed by atoms with van der Waals surface area (Å²) in [5.41, 5.74) is 0.00932. The minimum Gasteiger partial charge on any atom is -0.452 e. The molecule has 1 aliphatic heterocycles. The van der Waals surface area contributed by atoms with Crippen molar-refractivity contribution in [2.45, 2.75) is 32.2 Å². The van der Waals surface area contributed by atoms with Gasteiger partial charge in [0.1, 0.15) is 23.0 Å². The maximum absolute atomic E-state index is 13.6. The number of nitrogens with zero attached hydrogens (tertiary/aromatic N) is 4. The van der Waals surface area contributed by atoms with Gasteiger partial charge in [0.15, 0.2) is 0 Å². The molecular formula is C25H27ClF3N5O4. The molecule has 0 radical (unpaired) electrons. The number of anilines is 2. The van der Waals surface area contributed by atoms with Gasteiger partial charge in [0.05, 0.1) is 0 Å². The molecule has 2 aromatic carbocycles. The zero-order chi connectivity index (χ0) is 27.6. The van der Waals surface area contributed by atoms with Crippen LogP contribution in [0.15, 0.2) is 58.1 Å². The van der Waals surface area contributed by atoms with Gasteiger partial charge in [-0.2, -0.15) is 0 Å². The van der Waals surface area contributed by atoms with Gasteiger partial charge in [-0.1, -0.05) is 29.8 Å². The molecule has 3 aromatic rings. The molecule has 0 saturated heterocycles. The van der Waals surface area contributed by atoms with E-state index in [1.165, 1.54) is 28.3 Å². The summed E-state index contributed by atoms with van der Waals surface area (Å²) in [4.78, 5) is 30.2. The van der Waals surface area contributed by atoms with Gasteiger partial charge in [0.2, 0.25) is 0 Å². The van der Waals surface area contributed by atoms with Crippen molar-refractivity contribution in [2.24, 2.45) is 7.05 Å². The van der Waals surface area contributed by atoms with Crippen LogP contribution in [0.1, 0.15) is 12.0 Å². The van der Waals surface area contributed by atoms with E-state index in [1.807, 2.05) is 19.0 Å². The van der Waals surface area contributed by atoms with Gasteiger partial charge in [0, 0.05) is 31.2 Å². The molecule has 38 heavy (non-hydrogen) atoms. The molecule has 1 aromatic heterocycles. The van der Waals surface area contributed by atoms with E-state index in [0.29, 0.717) is 18.0 Å². The van der Waals surface area contributed by atoms with Gasteiger partial charge in [-0.3, -0.25) is 13.9 Å². The molecule has 204 valence electrons. The molecule has 1 atom stereocenters. The van der Waals surface area contributed by atoms with E-state index in [9.17, 15) is 22.8 Å². The van der Waals surface area contributed by atoms with Crippen LogP contribution in [-0.4, -0.2) is 47.4 Å². The lowest BCUT2D eigenvalue weighted by Gasteiger charge is -2.27. The number of hydrogen-bond donors (Lipinski definition) is 1. The second-order valence-corrected chi connectivity index (χ2v) is 9.48. The first kappa shape index (κ1) is 27.4. The van der Waals surface area contributed by atoms with Crippen LogP contribution >= 0.6 is 11.6 Å². The Morgan fingerprint density at radius 2 is 1.76 bits per heavy atom. The Bertz CT molecular complexity index is 1410. The Balaban J connectivity index is 1.72. The largest absolute Gasteiger partial charge is 0.573 e. The Morgan fingerprint density at radius 1 is 1.08 bits per heavy atom. The average Bonchev–Trinajstić information content (AvgIpc) is 3.18. The molecule has 0 bridgehead atoms. The van der Waals surface area contributed by atoms with Gasteiger partial charge < -0.3 is 24.6 Å². The number of ether oxygens (including phenoxy) is 2. The lowest BCUT2D eigenvalue weighted by Crippen LogP contribution is -2.43. The minimum atomic E-state index is -4.86. The van der Waals surface area contributed by atoms with E-state index in [1.54, 1.807) is 29.2 Å². The molecule has 0 saturated carbocycles. The van der Waals surface area contributed by atoms with Gasteiger partial charge >= 0.3 is 12.1 Å². The van der Waals surface area contributed by atoms with Gasteiger partial charge in [-0.05, 0) is 56.9 Å². The molecule has 1 aliphatic rings. The topological polar surface area (TPSA) is 81.0 Å². The quantitative estimate of drug-likeness (QED) is 0.431. The first-order valence-corrected chi connectivity index (χ1v) is 12.1. The number of rotatable bonds is 9. The number of benzene rings is 2. The third-order valence-electron chi connectivity index (χ3n) is 5.90. The Kier molecular flexibility index (Phi) is 7.93. The summed E-state index contributed by atoms with van der Waals surface area (Å²) in [5, 5.41) is 3.58. The van der Waals surface area contributed by atoms with Crippen LogP contribution in [0.25, 0.3) is 0 Å². The van der Waals surface area contributed by atoms with Crippen LogP contribution in [0.3, 0.4) is 0 Å². The number of alkyl halides is 3. The monoisotopic (exact) mass is 553 g/mol. The first-order chi connectivity index (χ1) is 17.9. The lowest BCUT2D eigenvalue weighted by molar-refractivity contribution is -0.274. The van der Waals surface area contributed by atoms with Gasteiger partial charge in [-0.15, -0.1) is 13.2 Å². The molecule has 1 unspecified atom stereocenters.